The Morgan fingerprint density at radius 1 is 1.08 bits per heavy atom. The first-order valence-corrected chi connectivity index (χ1v) is 13.2. The number of nitrogens with one attached hydrogen (secondary N) is 1. The summed E-state index contributed by atoms with van der Waals surface area (Å²) >= 11 is 0. The number of hydrogen-bond acceptors (Lipinski definition) is 7. The van der Waals surface area contributed by atoms with Crippen molar-refractivity contribution < 1.29 is 28.6 Å². The molecule has 0 aliphatic carbocycles. The fourth-order valence-electron chi connectivity index (χ4n) is 4.38. The van der Waals surface area contributed by atoms with E-state index in [0.717, 1.165) is 45.7 Å². The maximum atomic E-state index is 13.1. The number of carbonyl (C=O) groups excluding carboxylic acids is 3. The van der Waals surface area contributed by atoms with Crippen LogP contribution in [0.3, 0.4) is 0 Å². The Kier molecular flexibility index (Phi) is 9.51. The van der Waals surface area contributed by atoms with Crippen LogP contribution in [0.4, 0.5) is 5.69 Å². The van der Waals surface area contributed by atoms with Gasteiger partial charge in [0.05, 0.1) is 25.5 Å². The number of unbranched alkanes of at least 4 members (excludes halogenated alkanes) is 1. The van der Waals surface area contributed by atoms with Gasteiger partial charge in [0, 0.05) is 30.6 Å². The van der Waals surface area contributed by atoms with E-state index < -0.39 is 11.8 Å². The molecule has 2 aromatic carbocycles. The van der Waals surface area contributed by atoms with Crippen molar-refractivity contribution in [2.24, 2.45) is 0 Å². The van der Waals surface area contributed by atoms with Crippen molar-refractivity contribution in [3.05, 3.63) is 59.2 Å². The minimum Gasteiger partial charge on any atom is -0.493 e. The highest BCUT2D eigenvalue weighted by atomic mass is 16.5. The van der Waals surface area contributed by atoms with Crippen LogP contribution in [0.5, 0.6) is 11.5 Å². The van der Waals surface area contributed by atoms with Crippen molar-refractivity contribution in [1.29, 1.82) is 0 Å². The second-order valence-corrected chi connectivity index (χ2v) is 9.32. The number of hydrogen-bond donors (Lipinski definition) is 1. The first-order chi connectivity index (χ1) is 18.5. The summed E-state index contributed by atoms with van der Waals surface area (Å²) in [6, 6.07) is 12.3. The maximum Gasteiger partial charge on any atom is 0.311 e. The number of amides is 2. The zero-order chi connectivity index (χ0) is 26.9. The topological polar surface area (TPSA) is 97.4 Å². The lowest BCUT2D eigenvalue weighted by Crippen LogP contribution is -2.36. The van der Waals surface area contributed by atoms with E-state index in [2.05, 4.69) is 10.3 Å². The van der Waals surface area contributed by atoms with E-state index >= 15 is 0 Å². The number of anilines is 1. The Hall–Kier alpha value is -3.69. The average molecular weight is 522 g/mol. The van der Waals surface area contributed by atoms with Gasteiger partial charge in [-0.1, -0.05) is 25.1 Å². The van der Waals surface area contributed by atoms with Crippen LogP contribution in [-0.4, -0.2) is 62.1 Å². The number of ether oxygens (including phenoxy) is 3. The first kappa shape index (κ1) is 27.3. The molecule has 0 bridgehead atoms. The van der Waals surface area contributed by atoms with Gasteiger partial charge in [0.25, 0.3) is 11.8 Å². The predicted molar refractivity (Wildman–Crippen MR) is 144 cm³/mol. The quantitative estimate of drug-likeness (QED) is 0.158. The van der Waals surface area contributed by atoms with E-state index in [0.29, 0.717) is 41.3 Å². The van der Waals surface area contributed by atoms with Gasteiger partial charge < -0.3 is 14.2 Å². The second-order valence-electron chi connectivity index (χ2n) is 9.32. The number of hydrazine groups is 1. The molecule has 38 heavy (non-hydrogen) atoms. The molecule has 0 radical (unpaired) electrons. The SMILES string of the molecule is CCCOc1ccc(C=C2C(=O)NN(c3ccccc3)C2=O)c(OC(=O)CCCCN2CCOCC2)c1C. The van der Waals surface area contributed by atoms with Crippen LogP contribution in [0.1, 0.15) is 43.7 Å². The fourth-order valence-corrected chi connectivity index (χ4v) is 4.38. The molecule has 0 spiro atoms. The Morgan fingerprint density at radius 3 is 2.58 bits per heavy atom. The fraction of sp³-hybridized carbons (Fsp3) is 0.414. The van der Waals surface area contributed by atoms with Crippen LogP contribution in [0.2, 0.25) is 0 Å². The number of benzene rings is 2. The van der Waals surface area contributed by atoms with Gasteiger partial charge in [0.15, 0.2) is 0 Å². The van der Waals surface area contributed by atoms with E-state index in [1.54, 1.807) is 43.3 Å². The van der Waals surface area contributed by atoms with Gasteiger partial charge >= 0.3 is 5.97 Å². The Bertz CT molecular complexity index is 1170. The highest BCUT2D eigenvalue weighted by Gasteiger charge is 2.34. The van der Waals surface area contributed by atoms with Gasteiger partial charge in [-0.25, -0.2) is 5.01 Å². The zero-order valence-corrected chi connectivity index (χ0v) is 22.0. The summed E-state index contributed by atoms with van der Waals surface area (Å²) < 4.78 is 17.0. The minimum atomic E-state index is -0.525. The molecular weight excluding hydrogens is 486 g/mol. The lowest BCUT2D eigenvalue weighted by molar-refractivity contribution is -0.134. The van der Waals surface area contributed by atoms with Crippen LogP contribution >= 0.6 is 0 Å². The summed E-state index contributed by atoms with van der Waals surface area (Å²) in [5.41, 5.74) is 4.21. The van der Waals surface area contributed by atoms with E-state index in [4.69, 9.17) is 14.2 Å². The van der Waals surface area contributed by atoms with Crippen molar-refractivity contribution >= 4 is 29.5 Å². The molecular formula is C29H35N3O6. The van der Waals surface area contributed by atoms with E-state index in [1.165, 1.54) is 11.1 Å². The molecule has 2 aromatic rings. The number of esters is 1. The molecule has 9 nitrogen and oxygen atoms in total. The molecule has 4 rings (SSSR count). The molecule has 202 valence electrons. The maximum absolute atomic E-state index is 13.1. The highest BCUT2D eigenvalue weighted by molar-refractivity contribution is 6.31. The predicted octanol–water partition coefficient (Wildman–Crippen LogP) is 3.65. The van der Waals surface area contributed by atoms with Gasteiger partial charge in [0.1, 0.15) is 17.1 Å². The zero-order valence-electron chi connectivity index (χ0n) is 22.0. The van der Waals surface area contributed by atoms with E-state index in [1.807, 2.05) is 13.0 Å². The summed E-state index contributed by atoms with van der Waals surface area (Å²) in [6.45, 7) is 8.58. The van der Waals surface area contributed by atoms with Crippen LogP contribution in [0.15, 0.2) is 48.0 Å². The van der Waals surface area contributed by atoms with Crippen molar-refractivity contribution in [2.45, 2.75) is 39.5 Å². The third kappa shape index (κ3) is 6.79. The van der Waals surface area contributed by atoms with Crippen LogP contribution in [-0.2, 0) is 19.1 Å². The molecule has 2 saturated heterocycles. The lowest BCUT2D eigenvalue weighted by Gasteiger charge is -2.26. The highest BCUT2D eigenvalue weighted by Crippen LogP contribution is 2.34. The van der Waals surface area contributed by atoms with Crippen molar-refractivity contribution in [3.63, 3.8) is 0 Å². The van der Waals surface area contributed by atoms with Gasteiger partial charge in [-0.15, -0.1) is 0 Å². The molecule has 0 unspecified atom stereocenters. The summed E-state index contributed by atoms with van der Waals surface area (Å²) in [6.07, 6.45) is 4.14. The monoisotopic (exact) mass is 521 g/mol. The van der Waals surface area contributed by atoms with Crippen molar-refractivity contribution in [3.8, 4) is 11.5 Å². The first-order valence-electron chi connectivity index (χ1n) is 13.2. The van der Waals surface area contributed by atoms with Gasteiger partial charge in [-0.2, -0.15) is 0 Å². The molecule has 0 atom stereocenters. The summed E-state index contributed by atoms with van der Waals surface area (Å²) in [5, 5.41) is 1.21. The Labute approximate surface area is 223 Å². The standard InChI is InChI=1S/C29H35N3O6/c1-3-17-37-25-13-12-22(20-24-28(34)30-32(29(24)35)23-9-5-4-6-10-23)27(21(25)2)38-26(33)11-7-8-14-31-15-18-36-19-16-31/h4-6,9-10,12-13,20H,3,7-8,11,14-19H2,1-2H3,(H,30,34). The normalized spacial score (nSPS) is 17.1. The third-order valence-electron chi connectivity index (χ3n) is 6.48. The summed E-state index contributed by atoms with van der Waals surface area (Å²) in [7, 11) is 0. The lowest BCUT2D eigenvalue weighted by atomic mass is 10.0. The number of rotatable bonds is 11. The number of para-hydroxylation sites is 1. The van der Waals surface area contributed by atoms with Gasteiger partial charge in [-0.3, -0.25) is 24.7 Å². The largest absolute Gasteiger partial charge is 0.493 e. The number of carbonyl (C=O) groups is 3. The van der Waals surface area contributed by atoms with E-state index in [-0.39, 0.29) is 18.0 Å². The molecule has 2 aliphatic heterocycles. The van der Waals surface area contributed by atoms with Crippen LogP contribution in [0.25, 0.3) is 6.08 Å². The molecule has 2 aliphatic rings. The van der Waals surface area contributed by atoms with Crippen molar-refractivity contribution in [2.75, 3.05) is 44.5 Å². The molecule has 2 amide bonds. The van der Waals surface area contributed by atoms with Gasteiger partial charge in [0.2, 0.25) is 0 Å². The summed E-state index contributed by atoms with van der Waals surface area (Å²) in [4.78, 5) is 41.0. The van der Waals surface area contributed by atoms with E-state index in [9.17, 15) is 14.4 Å². The Morgan fingerprint density at radius 2 is 1.84 bits per heavy atom. The number of morpholine rings is 1. The Balaban J connectivity index is 1.50. The van der Waals surface area contributed by atoms with Crippen LogP contribution in [0, 0.1) is 6.92 Å². The molecule has 9 heteroatoms. The molecule has 2 fully saturated rings. The van der Waals surface area contributed by atoms with Gasteiger partial charge in [-0.05, 0) is 63.1 Å². The molecule has 0 saturated carbocycles. The smallest absolute Gasteiger partial charge is 0.311 e. The third-order valence-corrected chi connectivity index (χ3v) is 6.48. The second kappa shape index (κ2) is 13.2. The van der Waals surface area contributed by atoms with Crippen molar-refractivity contribution in [1.82, 2.24) is 10.3 Å². The number of nitrogens with zero attached hydrogens (tertiary/aromatic N) is 2. The molecule has 1 N–H and O–H groups in total. The molecule has 0 aromatic heterocycles. The summed E-state index contributed by atoms with van der Waals surface area (Å²) in [5.74, 6) is -0.482. The average Bonchev–Trinajstić information content (AvgIpc) is 3.22. The van der Waals surface area contributed by atoms with Crippen LogP contribution < -0.4 is 19.9 Å². The molecule has 2 heterocycles. The minimum absolute atomic E-state index is 0.0433.